The lowest BCUT2D eigenvalue weighted by atomic mass is 10.3. The van der Waals surface area contributed by atoms with Crippen LogP contribution in [0.5, 0.6) is 5.75 Å². The Bertz CT molecular complexity index is 849. The number of nitrogens with zero attached hydrogens (tertiary/aromatic N) is 3. The molecule has 0 atom stereocenters. The summed E-state index contributed by atoms with van der Waals surface area (Å²) >= 11 is 5.86. The SMILES string of the molecule is C=C(C)Oc1cc(-n2c(=O)n(N)c(=O)n2C)c(F)cc1Cl. The van der Waals surface area contributed by atoms with Gasteiger partial charge < -0.3 is 10.6 Å². The molecule has 7 nitrogen and oxygen atoms in total. The lowest BCUT2D eigenvalue weighted by Gasteiger charge is -2.11. The number of halogens is 2. The average Bonchev–Trinajstić information content (AvgIpc) is 2.58. The van der Waals surface area contributed by atoms with Gasteiger partial charge in [0, 0.05) is 13.1 Å². The van der Waals surface area contributed by atoms with E-state index in [9.17, 15) is 14.0 Å². The Balaban J connectivity index is 2.76. The summed E-state index contributed by atoms with van der Waals surface area (Å²) in [6.45, 7) is 5.13. The van der Waals surface area contributed by atoms with E-state index in [1.54, 1.807) is 6.92 Å². The molecule has 0 amide bonds. The highest BCUT2D eigenvalue weighted by atomic mass is 35.5. The molecule has 0 bridgehead atoms. The van der Waals surface area contributed by atoms with Crippen LogP contribution in [0.25, 0.3) is 5.69 Å². The second-order valence-electron chi connectivity index (χ2n) is 4.31. The van der Waals surface area contributed by atoms with Crippen LogP contribution in [0.1, 0.15) is 6.92 Å². The largest absolute Gasteiger partial charge is 0.461 e. The fraction of sp³-hybridized carbons (Fsp3) is 0.167. The summed E-state index contributed by atoms with van der Waals surface area (Å²) in [5.74, 6) is 4.92. The van der Waals surface area contributed by atoms with Crippen LogP contribution in [0, 0.1) is 5.82 Å². The Labute approximate surface area is 123 Å². The zero-order valence-corrected chi connectivity index (χ0v) is 12.0. The van der Waals surface area contributed by atoms with Gasteiger partial charge in [-0.25, -0.2) is 18.7 Å². The molecule has 0 spiro atoms. The van der Waals surface area contributed by atoms with Crippen molar-refractivity contribution in [3.8, 4) is 11.4 Å². The van der Waals surface area contributed by atoms with Gasteiger partial charge >= 0.3 is 11.4 Å². The number of hydrogen-bond donors (Lipinski definition) is 1. The van der Waals surface area contributed by atoms with E-state index in [0.29, 0.717) is 10.4 Å². The van der Waals surface area contributed by atoms with Gasteiger partial charge in [-0.05, 0) is 13.0 Å². The molecule has 0 saturated heterocycles. The van der Waals surface area contributed by atoms with Crippen molar-refractivity contribution < 1.29 is 9.13 Å². The Hall–Kier alpha value is -2.48. The highest BCUT2D eigenvalue weighted by Gasteiger charge is 2.18. The van der Waals surface area contributed by atoms with Gasteiger partial charge in [0.05, 0.1) is 10.8 Å². The molecule has 0 saturated carbocycles. The van der Waals surface area contributed by atoms with Gasteiger partial charge in [-0.3, -0.25) is 0 Å². The predicted molar refractivity (Wildman–Crippen MR) is 75.8 cm³/mol. The zero-order chi connectivity index (χ0) is 15.9. The van der Waals surface area contributed by atoms with Crippen LogP contribution in [0.2, 0.25) is 5.02 Å². The lowest BCUT2D eigenvalue weighted by Crippen LogP contribution is -2.35. The van der Waals surface area contributed by atoms with Gasteiger partial charge in [-0.1, -0.05) is 18.2 Å². The van der Waals surface area contributed by atoms with Crippen LogP contribution < -0.4 is 22.0 Å². The van der Waals surface area contributed by atoms with Crippen LogP contribution in [0.15, 0.2) is 34.1 Å². The molecule has 1 aromatic heterocycles. The Morgan fingerprint density at radius 3 is 2.48 bits per heavy atom. The molecular formula is C12H12ClFN4O3. The molecule has 1 heterocycles. The smallest absolute Gasteiger partial charge is 0.370 e. The molecule has 21 heavy (non-hydrogen) atoms. The first-order valence-corrected chi connectivity index (χ1v) is 6.10. The van der Waals surface area contributed by atoms with Crippen LogP contribution in [0.4, 0.5) is 4.39 Å². The third-order valence-corrected chi connectivity index (χ3v) is 2.98. The second kappa shape index (κ2) is 5.13. The third kappa shape index (κ3) is 2.45. The van der Waals surface area contributed by atoms with E-state index >= 15 is 0 Å². The van der Waals surface area contributed by atoms with Crippen molar-refractivity contribution in [1.82, 2.24) is 14.0 Å². The van der Waals surface area contributed by atoms with E-state index in [2.05, 4.69) is 6.58 Å². The normalized spacial score (nSPS) is 10.7. The van der Waals surface area contributed by atoms with E-state index in [0.717, 1.165) is 15.4 Å². The van der Waals surface area contributed by atoms with Crippen LogP contribution in [-0.4, -0.2) is 14.0 Å². The van der Waals surface area contributed by atoms with Gasteiger partial charge in [0.25, 0.3) is 0 Å². The summed E-state index contributed by atoms with van der Waals surface area (Å²) in [4.78, 5) is 23.5. The standard InChI is InChI=1S/C12H12ClFN4O3/c1-6(2)21-10-5-9(8(14)4-7(10)13)18-12(20)17(15)11(19)16(18)3/h4-5H,1,15H2,2-3H3. The van der Waals surface area contributed by atoms with E-state index in [1.807, 2.05) is 0 Å². The van der Waals surface area contributed by atoms with Crippen molar-refractivity contribution in [3.05, 3.63) is 56.3 Å². The summed E-state index contributed by atoms with van der Waals surface area (Å²) < 4.78 is 21.3. The molecule has 0 aliphatic carbocycles. The summed E-state index contributed by atoms with van der Waals surface area (Å²) in [5.41, 5.74) is -1.91. The minimum absolute atomic E-state index is 0.00415. The number of benzene rings is 1. The summed E-state index contributed by atoms with van der Waals surface area (Å²) in [6, 6.07) is 2.16. The molecule has 1 aromatic carbocycles. The predicted octanol–water partition coefficient (Wildman–Crippen LogP) is 0.756. The molecular weight excluding hydrogens is 303 g/mol. The van der Waals surface area contributed by atoms with Crippen LogP contribution >= 0.6 is 11.6 Å². The van der Waals surface area contributed by atoms with Crippen molar-refractivity contribution in [1.29, 1.82) is 0 Å². The fourth-order valence-corrected chi connectivity index (χ4v) is 1.95. The Kier molecular flexibility index (Phi) is 3.65. The molecule has 0 fully saturated rings. The third-order valence-electron chi connectivity index (χ3n) is 2.68. The zero-order valence-electron chi connectivity index (χ0n) is 11.3. The van der Waals surface area contributed by atoms with Gasteiger partial charge in [0.2, 0.25) is 0 Å². The Morgan fingerprint density at radius 1 is 1.38 bits per heavy atom. The van der Waals surface area contributed by atoms with Crippen molar-refractivity contribution in [3.63, 3.8) is 0 Å². The summed E-state index contributed by atoms with van der Waals surface area (Å²) in [5, 5.41) is 0.00415. The number of hydrogen-bond acceptors (Lipinski definition) is 4. The molecule has 0 aliphatic rings. The van der Waals surface area contributed by atoms with E-state index in [1.165, 1.54) is 13.1 Å². The number of ether oxygens (including phenoxy) is 1. The van der Waals surface area contributed by atoms with Crippen molar-refractivity contribution in [2.24, 2.45) is 7.05 Å². The van der Waals surface area contributed by atoms with Gasteiger partial charge in [0.15, 0.2) is 5.82 Å². The fourth-order valence-electron chi connectivity index (χ4n) is 1.76. The number of rotatable bonds is 3. The van der Waals surface area contributed by atoms with E-state index in [-0.39, 0.29) is 16.5 Å². The van der Waals surface area contributed by atoms with Crippen LogP contribution in [-0.2, 0) is 7.05 Å². The highest BCUT2D eigenvalue weighted by molar-refractivity contribution is 6.32. The molecule has 0 radical (unpaired) electrons. The maximum atomic E-state index is 14.1. The summed E-state index contributed by atoms with van der Waals surface area (Å²) in [7, 11) is 1.28. The minimum atomic E-state index is -0.898. The second-order valence-corrected chi connectivity index (χ2v) is 4.72. The van der Waals surface area contributed by atoms with Gasteiger partial charge in [0.1, 0.15) is 11.4 Å². The van der Waals surface area contributed by atoms with Gasteiger partial charge in [-0.15, -0.1) is 0 Å². The quantitative estimate of drug-likeness (QED) is 0.669. The molecule has 0 unspecified atom stereocenters. The number of allylic oxidation sites excluding steroid dienone is 1. The molecule has 9 heteroatoms. The number of nitrogen functional groups attached to an aromatic ring is 1. The summed E-state index contributed by atoms with van der Waals surface area (Å²) in [6.07, 6.45) is 0. The van der Waals surface area contributed by atoms with Crippen molar-refractivity contribution in [2.45, 2.75) is 6.92 Å². The first-order chi connectivity index (χ1) is 9.73. The topological polar surface area (TPSA) is 84.2 Å². The minimum Gasteiger partial charge on any atom is -0.461 e. The van der Waals surface area contributed by atoms with E-state index in [4.69, 9.17) is 22.2 Å². The number of aromatic nitrogens is 3. The van der Waals surface area contributed by atoms with Crippen molar-refractivity contribution >= 4 is 11.6 Å². The molecule has 0 aliphatic heterocycles. The lowest BCUT2D eigenvalue weighted by molar-refractivity contribution is 0.428. The molecule has 2 N–H and O–H groups in total. The molecule has 2 rings (SSSR count). The monoisotopic (exact) mass is 314 g/mol. The van der Waals surface area contributed by atoms with Crippen molar-refractivity contribution in [2.75, 3.05) is 5.84 Å². The Morgan fingerprint density at radius 2 is 2.00 bits per heavy atom. The number of nitrogens with two attached hydrogens (primary N) is 1. The maximum Gasteiger partial charge on any atom is 0.370 e. The van der Waals surface area contributed by atoms with Gasteiger partial charge in [-0.2, -0.15) is 9.36 Å². The first-order valence-electron chi connectivity index (χ1n) is 5.73. The van der Waals surface area contributed by atoms with Crippen LogP contribution in [0.3, 0.4) is 0 Å². The molecule has 112 valence electrons. The first kappa shape index (κ1) is 14.9. The van der Waals surface area contributed by atoms with E-state index < -0.39 is 17.2 Å². The maximum absolute atomic E-state index is 14.1. The molecule has 2 aromatic rings. The average molecular weight is 315 g/mol. The highest BCUT2D eigenvalue weighted by Crippen LogP contribution is 2.30.